The van der Waals surface area contributed by atoms with Crippen LogP contribution in [0.4, 0.5) is 4.79 Å². The van der Waals surface area contributed by atoms with E-state index in [1.807, 2.05) is 30.6 Å². The zero-order valence-electron chi connectivity index (χ0n) is 11.9. The molecule has 0 saturated carbocycles. The average molecular weight is 317 g/mol. The number of thiophene rings is 1. The molecular formula is C14H15N5O2S. The van der Waals surface area contributed by atoms with Crippen molar-refractivity contribution in [3.05, 3.63) is 47.4 Å². The van der Waals surface area contributed by atoms with Crippen molar-refractivity contribution < 1.29 is 9.21 Å². The SMILES string of the molecule is Cn1nccc1CNC(=O)NCc1coc(-c2cccs2)n1. The minimum absolute atomic E-state index is 0.262. The molecule has 0 atom stereocenters. The fourth-order valence-electron chi connectivity index (χ4n) is 1.88. The summed E-state index contributed by atoms with van der Waals surface area (Å²) in [6.45, 7) is 0.730. The lowest BCUT2D eigenvalue weighted by Gasteiger charge is -2.06. The number of amides is 2. The number of nitrogens with one attached hydrogen (secondary N) is 2. The molecule has 0 fully saturated rings. The molecule has 0 unspecified atom stereocenters. The van der Waals surface area contributed by atoms with Gasteiger partial charge in [0.25, 0.3) is 0 Å². The van der Waals surface area contributed by atoms with Crippen LogP contribution in [0.2, 0.25) is 0 Å². The molecule has 0 aliphatic rings. The van der Waals surface area contributed by atoms with Gasteiger partial charge in [0.1, 0.15) is 6.26 Å². The molecule has 0 aromatic carbocycles. The number of aryl methyl sites for hydroxylation is 1. The highest BCUT2D eigenvalue weighted by molar-refractivity contribution is 7.13. The van der Waals surface area contributed by atoms with Crippen molar-refractivity contribution in [1.29, 1.82) is 0 Å². The molecule has 22 heavy (non-hydrogen) atoms. The van der Waals surface area contributed by atoms with E-state index in [1.165, 1.54) is 0 Å². The molecule has 3 aromatic rings. The number of hydrogen-bond donors (Lipinski definition) is 2. The van der Waals surface area contributed by atoms with Crippen LogP contribution in [0.1, 0.15) is 11.4 Å². The van der Waals surface area contributed by atoms with E-state index in [9.17, 15) is 4.79 Å². The molecule has 0 aliphatic carbocycles. The maximum atomic E-state index is 11.8. The molecule has 0 radical (unpaired) electrons. The minimum Gasteiger partial charge on any atom is -0.443 e. The van der Waals surface area contributed by atoms with Crippen molar-refractivity contribution in [2.45, 2.75) is 13.1 Å². The van der Waals surface area contributed by atoms with Crippen LogP contribution < -0.4 is 10.6 Å². The summed E-state index contributed by atoms with van der Waals surface area (Å²) in [7, 11) is 1.83. The number of carbonyl (C=O) groups is 1. The zero-order chi connectivity index (χ0) is 15.4. The third-order valence-corrected chi connectivity index (χ3v) is 3.92. The smallest absolute Gasteiger partial charge is 0.315 e. The fraction of sp³-hybridized carbons (Fsp3) is 0.214. The maximum absolute atomic E-state index is 11.8. The molecule has 114 valence electrons. The molecule has 0 aliphatic heterocycles. The first kappa shape index (κ1) is 14.3. The van der Waals surface area contributed by atoms with Crippen LogP contribution in [-0.2, 0) is 20.1 Å². The van der Waals surface area contributed by atoms with Crippen LogP contribution in [0.5, 0.6) is 0 Å². The number of nitrogens with zero attached hydrogens (tertiary/aromatic N) is 3. The monoisotopic (exact) mass is 317 g/mol. The molecule has 2 amide bonds. The van der Waals surface area contributed by atoms with E-state index in [-0.39, 0.29) is 6.03 Å². The second kappa shape index (κ2) is 6.44. The summed E-state index contributed by atoms with van der Waals surface area (Å²) in [5.41, 5.74) is 1.61. The largest absolute Gasteiger partial charge is 0.443 e. The Bertz CT molecular complexity index is 747. The van der Waals surface area contributed by atoms with Gasteiger partial charge >= 0.3 is 6.03 Å². The lowest BCUT2D eigenvalue weighted by Crippen LogP contribution is -2.35. The minimum atomic E-state index is -0.262. The summed E-state index contributed by atoms with van der Waals surface area (Å²) >= 11 is 1.56. The quantitative estimate of drug-likeness (QED) is 0.755. The van der Waals surface area contributed by atoms with Gasteiger partial charge in [0.05, 0.1) is 29.4 Å². The Balaban J connectivity index is 1.48. The standard InChI is InChI=1S/C14H15N5O2S/c1-19-11(4-5-17-19)8-16-14(20)15-7-10-9-21-13(18-10)12-3-2-6-22-12/h2-6,9H,7-8H2,1H3,(H2,15,16,20). The van der Waals surface area contributed by atoms with Crippen LogP contribution in [0.15, 0.2) is 40.5 Å². The van der Waals surface area contributed by atoms with Crippen LogP contribution in [-0.4, -0.2) is 20.8 Å². The van der Waals surface area contributed by atoms with E-state index in [4.69, 9.17) is 4.42 Å². The van der Waals surface area contributed by atoms with Crippen LogP contribution in [0.25, 0.3) is 10.8 Å². The predicted molar refractivity (Wildman–Crippen MR) is 82.1 cm³/mol. The van der Waals surface area contributed by atoms with Crippen molar-refractivity contribution in [2.24, 2.45) is 7.05 Å². The van der Waals surface area contributed by atoms with Crippen molar-refractivity contribution in [1.82, 2.24) is 25.4 Å². The highest BCUT2D eigenvalue weighted by atomic mass is 32.1. The molecular weight excluding hydrogens is 302 g/mol. The first-order valence-corrected chi connectivity index (χ1v) is 7.57. The summed E-state index contributed by atoms with van der Waals surface area (Å²) in [6, 6.07) is 5.47. The highest BCUT2D eigenvalue weighted by Gasteiger charge is 2.09. The summed E-state index contributed by atoms with van der Waals surface area (Å²) in [5.74, 6) is 0.571. The lowest BCUT2D eigenvalue weighted by molar-refractivity contribution is 0.239. The van der Waals surface area contributed by atoms with Gasteiger partial charge in [0, 0.05) is 13.2 Å². The molecule has 3 aromatic heterocycles. The fourth-order valence-corrected chi connectivity index (χ4v) is 2.54. The van der Waals surface area contributed by atoms with Gasteiger partial charge in [-0.15, -0.1) is 11.3 Å². The Labute approximate surface area is 131 Å². The second-order valence-electron chi connectivity index (χ2n) is 4.60. The normalized spacial score (nSPS) is 10.6. The van der Waals surface area contributed by atoms with Gasteiger partial charge in [-0.05, 0) is 17.5 Å². The van der Waals surface area contributed by atoms with Gasteiger partial charge in [-0.2, -0.15) is 5.10 Å². The van der Waals surface area contributed by atoms with E-state index in [0.29, 0.717) is 24.7 Å². The van der Waals surface area contributed by atoms with E-state index in [1.54, 1.807) is 28.5 Å². The van der Waals surface area contributed by atoms with Gasteiger partial charge in [-0.1, -0.05) is 6.07 Å². The summed E-state index contributed by atoms with van der Waals surface area (Å²) in [4.78, 5) is 17.1. The number of hydrogen-bond acceptors (Lipinski definition) is 5. The summed E-state index contributed by atoms with van der Waals surface area (Å²) in [6.07, 6.45) is 3.24. The Hall–Kier alpha value is -2.61. The molecule has 3 heterocycles. The van der Waals surface area contributed by atoms with Gasteiger partial charge in [0.2, 0.25) is 5.89 Å². The number of oxazole rings is 1. The van der Waals surface area contributed by atoms with E-state index in [2.05, 4.69) is 20.7 Å². The Kier molecular flexibility index (Phi) is 4.19. The lowest BCUT2D eigenvalue weighted by atomic mass is 10.4. The van der Waals surface area contributed by atoms with Gasteiger partial charge in [-0.3, -0.25) is 4.68 Å². The summed E-state index contributed by atoms with van der Waals surface area (Å²) in [5, 5.41) is 11.5. The maximum Gasteiger partial charge on any atom is 0.315 e. The third kappa shape index (κ3) is 3.34. The number of rotatable bonds is 5. The van der Waals surface area contributed by atoms with Crippen LogP contribution in [0, 0.1) is 0 Å². The highest BCUT2D eigenvalue weighted by Crippen LogP contribution is 2.23. The van der Waals surface area contributed by atoms with Gasteiger partial charge < -0.3 is 15.1 Å². The third-order valence-electron chi connectivity index (χ3n) is 3.07. The van der Waals surface area contributed by atoms with Crippen molar-refractivity contribution in [3.8, 4) is 10.8 Å². The summed E-state index contributed by atoms with van der Waals surface area (Å²) < 4.78 is 7.11. The van der Waals surface area contributed by atoms with Gasteiger partial charge in [-0.25, -0.2) is 9.78 Å². The number of carbonyl (C=O) groups excluding carboxylic acids is 1. The predicted octanol–water partition coefficient (Wildman–Crippen LogP) is 2.14. The molecule has 3 rings (SSSR count). The van der Waals surface area contributed by atoms with E-state index in [0.717, 1.165) is 10.6 Å². The number of aromatic nitrogens is 3. The molecule has 2 N–H and O–H groups in total. The molecule has 8 heteroatoms. The van der Waals surface area contributed by atoms with Gasteiger partial charge in [0.15, 0.2) is 0 Å². The average Bonchev–Trinajstić information content (AvgIpc) is 3.24. The molecule has 0 saturated heterocycles. The molecule has 7 nitrogen and oxygen atoms in total. The van der Waals surface area contributed by atoms with Crippen LogP contribution in [0.3, 0.4) is 0 Å². The van der Waals surface area contributed by atoms with Crippen molar-refractivity contribution >= 4 is 17.4 Å². The first-order valence-electron chi connectivity index (χ1n) is 6.69. The van der Waals surface area contributed by atoms with Crippen molar-refractivity contribution in [3.63, 3.8) is 0 Å². The van der Waals surface area contributed by atoms with E-state index < -0.39 is 0 Å². The Morgan fingerprint density at radius 1 is 1.36 bits per heavy atom. The first-order chi connectivity index (χ1) is 10.7. The topological polar surface area (TPSA) is 85.0 Å². The zero-order valence-corrected chi connectivity index (χ0v) is 12.8. The van der Waals surface area contributed by atoms with Crippen LogP contribution >= 0.6 is 11.3 Å². The molecule has 0 spiro atoms. The number of urea groups is 1. The van der Waals surface area contributed by atoms with Crippen molar-refractivity contribution in [2.75, 3.05) is 0 Å². The molecule has 0 bridgehead atoms. The second-order valence-corrected chi connectivity index (χ2v) is 5.55. The Morgan fingerprint density at radius 3 is 2.95 bits per heavy atom. The Morgan fingerprint density at radius 2 is 2.23 bits per heavy atom. The van der Waals surface area contributed by atoms with E-state index >= 15 is 0 Å².